The Balaban J connectivity index is 1.90. The Hall–Kier alpha value is -2.18. The fourth-order valence-corrected chi connectivity index (χ4v) is 3.00. The van der Waals surface area contributed by atoms with Crippen LogP contribution in [-0.2, 0) is 10.1 Å². The second kappa shape index (κ2) is 5.55. The van der Waals surface area contributed by atoms with Crippen LogP contribution in [0.25, 0.3) is 0 Å². The molecule has 0 spiro atoms. The molecule has 0 unspecified atom stereocenters. The molecule has 22 heavy (non-hydrogen) atoms. The number of rotatable bonds is 3. The first-order valence-electron chi connectivity index (χ1n) is 6.95. The van der Waals surface area contributed by atoms with Crippen LogP contribution >= 0.6 is 0 Å². The smallest absolute Gasteiger partial charge is 0.282 e. The van der Waals surface area contributed by atoms with Gasteiger partial charge in [-0.15, -0.1) is 0 Å². The monoisotopic (exact) mass is 316 g/mol. The average molecular weight is 316 g/mol. The first-order valence-corrected chi connectivity index (χ1v) is 8.39. The summed E-state index contributed by atoms with van der Waals surface area (Å²) in [5, 5.41) is 6.51. The summed E-state index contributed by atoms with van der Waals surface area (Å²) in [6.45, 7) is 2.07. The van der Waals surface area contributed by atoms with Crippen LogP contribution in [0, 0.1) is 0 Å². The summed E-state index contributed by atoms with van der Waals surface area (Å²) in [4.78, 5) is -0.115. The molecule has 0 saturated heterocycles. The molecule has 2 aromatic carbocycles. The van der Waals surface area contributed by atoms with Crippen molar-refractivity contribution in [1.29, 1.82) is 0 Å². The minimum atomic E-state index is -4.16. The van der Waals surface area contributed by atoms with Crippen LogP contribution in [-0.4, -0.2) is 24.7 Å². The molecule has 0 amide bonds. The van der Waals surface area contributed by atoms with Crippen molar-refractivity contribution in [2.45, 2.75) is 24.3 Å². The Kier molecular flexibility index (Phi) is 3.72. The molecule has 1 atom stereocenters. The molecule has 0 saturated carbocycles. The number of hydrogen-bond acceptors (Lipinski definition) is 4. The van der Waals surface area contributed by atoms with Gasteiger partial charge in [-0.25, -0.2) is 0 Å². The number of anilines is 1. The minimum absolute atomic E-state index is 0.115. The quantitative estimate of drug-likeness (QED) is 0.884. The lowest BCUT2D eigenvalue weighted by Gasteiger charge is -2.19. The molecule has 0 radical (unpaired) electrons. The summed E-state index contributed by atoms with van der Waals surface area (Å²) in [5.74, 6) is 0. The highest BCUT2D eigenvalue weighted by Gasteiger charge is 2.25. The van der Waals surface area contributed by atoms with Crippen molar-refractivity contribution in [2.75, 3.05) is 5.01 Å². The number of benzene rings is 2. The fraction of sp³-hybridized carbons (Fsp3) is 0.188. The molecular formula is C16H16N2O3S. The second-order valence-corrected chi connectivity index (χ2v) is 6.70. The molecule has 1 N–H and O–H groups in total. The van der Waals surface area contributed by atoms with E-state index in [4.69, 9.17) is 4.55 Å². The van der Waals surface area contributed by atoms with Gasteiger partial charge in [0.05, 0.1) is 22.3 Å². The summed E-state index contributed by atoms with van der Waals surface area (Å²) < 4.78 is 31.2. The van der Waals surface area contributed by atoms with Crippen LogP contribution in [0.1, 0.15) is 18.9 Å². The van der Waals surface area contributed by atoms with Crippen molar-refractivity contribution in [1.82, 2.24) is 0 Å². The van der Waals surface area contributed by atoms with Gasteiger partial charge in [-0.3, -0.25) is 9.56 Å². The van der Waals surface area contributed by atoms with E-state index in [1.54, 1.807) is 12.1 Å². The van der Waals surface area contributed by atoms with E-state index in [1.165, 1.54) is 12.1 Å². The van der Waals surface area contributed by atoms with Crippen LogP contribution in [0.4, 0.5) is 5.69 Å². The molecule has 0 fully saturated rings. The van der Waals surface area contributed by atoms with Gasteiger partial charge in [0.1, 0.15) is 0 Å². The van der Waals surface area contributed by atoms with E-state index in [-0.39, 0.29) is 10.9 Å². The topological polar surface area (TPSA) is 70.0 Å². The molecule has 0 aliphatic carbocycles. The Morgan fingerprint density at radius 2 is 1.73 bits per heavy atom. The summed E-state index contributed by atoms with van der Waals surface area (Å²) in [7, 11) is -4.16. The maximum Gasteiger partial charge on any atom is 0.294 e. The van der Waals surface area contributed by atoms with E-state index in [0.717, 1.165) is 23.4 Å². The van der Waals surface area contributed by atoms with Crippen LogP contribution in [0.15, 0.2) is 64.6 Å². The maximum absolute atomic E-state index is 11.1. The lowest BCUT2D eigenvalue weighted by Crippen LogP contribution is -2.22. The highest BCUT2D eigenvalue weighted by atomic mass is 32.2. The first-order chi connectivity index (χ1) is 10.4. The molecule has 0 aromatic heterocycles. The lowest BCUT2D eigenvalue weighted by atomic mass is 10.1. The van der Waals surface area contributed by atoms with E-state index in [0.29, 0.717) is 0 Å². The Labute approximate surface area is 129 Å². The van der Waals surface area contributed by atoms with Gasteiger partial charge in [0.25, 0.3) is 10.1 Å². The summed E-state index contributed by atoms with van der Waals surface area (Å²) in [5.41, 5.74) is 2.89. The molecule has 2 aromatic rings. The second-order valence-electron chi connectivity index (χ2n) is 5.28. The number of nitrogens with zero attached hydrogens (tertiary/aromatic N) is 2. The highest BCUT2D eigenvalue weighted by Crippen LogP contribution is 2.27. The van der Waals surface area contributed by atoms with Crippen molar-refractivity contribution in [3.63, 3.8) is 0 Å². The zero-order valence-electron chi connectivity index (χ0n) is 12.0. The van der Waals surface area contributed by atoms with Gasteiger partial charge in [0.15, 0.2) is 0 Å². The normalized spacial score (nSPS) is 18.4. The van der Waals surface area contributed by atoms with Gasteiger partial charge < -0.3 is 0 Å². The van der Waals surface area contributed by atoms with Crippen molar-refractivity contribution in [2.24, 2.45) is 5.10 Å². The van der Waals surface area contributed by atoms with Crippen molar-refractivity contribution >= 4 is 21.5 Å². The molecular weight excluding hydrogens is 300 g/mol. The van der Waals surface area contributed by atoms with Gasteiger partial charge in [0.2, 0.25) is 0 Å². The first kappa shape index (κ1) is 14.7. The summed E-state index contributed by atoms with van der Waals surface area (Å²) >= 11 is 0. The van der Waals surface area contributed by atoms with Gasteiger partial charge in [0, 0.05) is 6.42 Å². The zero-order valence-corrected chi connectivity index (χ0v) is 12.9. The molecule has 5 nitrogen and oxygen atoms in total. The molecule has 0 bridgehead atoms. The minimum Gasteiger partial charge on any atom is -0.282 e. The molecule has 1 aliphatic rings. The van der Waals surface area contributed by atoms with Gasteiger partial charge in [-0.05, 0) is 36.8 Å². The third-order valence-corrected chi connectivity index (χ3v) is 4.51. The predicted molar refractivity (Wildman–Crippen MR) is 85.8 cm³/mol. The van der Waals surface area contributed by atoms with Crippen LogP contribution in [0.3, 0.4) is 0 Å². The highest BCUT2D eigenvalue weighted by molar-refractivity contribution is 7.85. The van der Waals surface area contributed by atoms with Crippen LogP contribution < -0.4 is 5.01 Å². The Bertz CT molecular complexity index is 799. The maximum atomic E-state index is 11.1. The molecule has 1 aliphatic heterocycles. The zero-order chi connectivity index (χ0) is 15.7. The molecule has 6 heteroatoms. The van der Waals surface area contributed by atoms with E-state index < -0.39 is 10.1 Å². The fourth-order valence-electron chi connectivity index (χ4n) is 2.52. The average Bonchev–Trinajstić information content (AvgIpc) is 2.89. The van der Waals surface area contributed by atoms with E-state index in [2.05, 4.69) is 12.0 Å². The van der Waals surface area contributed by atoms with Crippen LogP contribution in [0.5, 0.6) is 0 Å². The van der Waals surface area contributed by atoms with E-state index in [9.17, 15) is 8.42 Å². The standard InChI is InChI=1S/C16H16N2O3S/c1-12-11-16(13-5-3-2-4-6-13)17-18(12)14-7-9-15(10-8-14)22(19,20)21/h2-10,12H,11H2,1H3,(H,19,20,21)/t12-/m0/s1. The van der Waals surface area contributed by atoms with Crippen molar-refractivity contribution in [3.8, 4) is 0 Å². The number of hydrazone groups is 1. The van der Waals surface area contributed by atoms with Crippen LogP contribution in [0.2, 0.25) is 0 Å². The summed E-state index contributed by atoms with van der Waals surface area (Å²) in [6, 6.07) is 16.2. The largest absolute Gasteiger partial charge is 0.294 e. The van der Waals surface area contributed by atoms with Gasteiger partial charge >= 0.3 is 0 Å². The third-order valence-electron chi connectivity index (χ3n) is 3.64. The van der Waals surface area contributed by atoms with Gasteiger partial charge in [-0.1, -0.05) is 30.3 Å². The van der Waals surface area contributed by atoms with E-state index >= 15 is 0 Å². The molecule has 1 heterocycles. The SMILES string of the molecule is C[C@H]1CC(c2ccccc2)=NN1c1ccc(S(=O)(=O)O)cc1. The van der Waals surface area contributed by atoms with Crippen molar-refractivity contribution < 1.29 is 13.0 Å². The predicted octanol–water partition coefficient (Wildman–Crippen LogP) is 2.94. The Morgan fingerprint density at radius 3 is 2.32 bits per heavy atom. The van der Waals surface area contributed by atoms with E-state index in [1.807, 2.05) is 35.3 Å². The third kappa shape index (κ3) is 2.88. The lowest BCUT2D eigenvalue weighted by molar-refractivity contribution is 0.483. The summed E-state index contributed by atoms with van der Waals surface area (Å²) in [6.07, 6.45) is 0.823. The van der Waals surface area contributed by atoms with Gasteiger partial charge in [-0.2, -0.15) is 13.5 Å². The molecule has 3 rings (SSSR count). The number of hydrogen-bond donors (Lipinski definition) is 1. The van der Waals surface area contributed by atoms with Crippen molar-refractivity contribution in [3.05, 3.63) is 60.2 Å². The Morgan fingerprint density at radius 1 is 1.09 bits per heavy atom. The molecule has 114 valence electrons.